The molecule has 0 radical (unpaired) electrons. The van der Waals surface area contributed by atoms with E-state index in [-0.39, 0.29) is 6.10 Å². The highest BCUT2D eigenvalue weighted by Crippen LogP contribution is 2.29. The van der Waals surface area contributed by atoms with E-state index in [2.05, 4.69) is 19.1 Å². The standard InChI is InChI=1S/C17H26O2/c1-3-14-4-8-16(9-5-14)19-17-10-6-15(7-11-17)12-13(2)18/h6-7,10-11,13-14,16,18H,3-5,8-9,12H2,1-2H3. The number of aliphatic hydroxyl groups excluding tert-OH is 1. The molecule has 1 fully saturated rings. The number of ether oxygens (including phenoxy) is 1. The van der Waals surface area contributed by atoms with E-state index in [1.165, 1.54) is 32.1 Å². The third-order valence-corrected chi connectivity index (χ3v) is 4.13. The van der Waals surface area contributed by atoms with Gasteiger partial charge in [-0.2, -0.15) is 0 Å². The van der Waals surface area contributed by atoms with Crippen LogP contribution < -0.4 is 4.74 Å². The lowest BCUT2D eigenvalue weighted by atomic mass is 9.86. The van der Waals surface area contributed by atoms with Gasteiger partial charge in [0.05, 0.1) is 12.2 Å². The summed E-state index contributed by atoms with van der Waals surface area (Å²) in [6.45, 7) is 4.10. The Bertz CT molecular complexity index is 361. The fourth-order valence-electron chi connectivity index (χ4n) is 2.90. The molecule has 1 saturated carbocycles. The van der Waals surface area contributed by atoms with E-state index < -0.39 is 0 Å². The van der Waals surface area contributed by atoms with Crippen LogP contribution in [-0.4, -0.2) is 17.3 Å². The second kappa shape index (κ2) is 6.95. The van der Waals surface area contributed by atoms with Gasteiger partial charge in [0, 0.05) is 0 Å². The number of aliphatic hydroxyl groups is 1. The molecule has 0 saturated heterocycles. The molecule has 1 aromatic rings. The van der Waals surface area contributed by atoms with Crippen molar-refractivity contribution >= 4 is 0 Å². The van der Waals surface area contributed by atoms with Gasteiger partial charge in [-0.1, -0.05) is 25.5 Å². The molecular formula is C17H26O2. The van der Waals surface area contributed by atoms with Gasteiger partial charge in [0.25, 0.3) is 0 Å². The molecule has 0 amide bonds. The van der Waals surface area contributed by atoms with Crippen molar-refractivity contribution in [1.29, 1.82) is 0 Å². The molecule has 106 valence electrons. The Balaban J connectivity index is 1.83. The first kappa shape index (κ1) is 14.4. The molecule has 0 aliphatic heterocycles. The summed E-state index contributed by atoms with van der Waals surface area (Å²) < 4.78 is 6.05. The van der Waals surface area contributed by atoms with Crippen molar-refractivity contribution in [2.75, 3.05) is 0 Å². The van der Waals surface area contributed by atoms with Crippen molar-refractivity contribution in [2.24, 2.45) is 5.92 Å². The Labute approximate surface area is 116 Å². The van der Waals surface area contributed by atoms with E-state index in [1.807, 2.05) is 19.1 Å². The van der Waals surface area contributed by atoms with Crippen LogP contribution in [0.2, 0.25) is 0 Å². The Morgan fingerprint density at radius 1 is 1.16 bits per heavy atom. The van der Waals surface area contributed by atoms with E-state index in [0.717, 1.165) is 17.2 Å². The Kier molecular flexibility index (Phi) is 5.26. The van der Waals surface area contributed by atoms with Gasteiger partial charge in [-0.05, 0) is 62.6 Å². The maximum Gasteiger partial charge on any atom is 0.119 e. The summed E-state index contributed by atoms with van der Waals surface area (Å²) in [5, 5.41) is 9.35. The molecule has 0 bridgehead atoms. The van der Waals surface area contributed by atoms with Crippen LogP contribution >= 0.6 is 0 Å². The van der Waals surface area contributed by atoms with Gasteiger partial charge >= 0.3 is 0 Å². The fraction of sp³-hybridized carbons (Fsp3) is 0.647. The van der Waals surface area contributed by atoms with Gasteiger partial charge in [0.15, 0.2) is 0 Å². The molecule has 2 nitrogen and oxygen atoms in total. The minimum atomic E-state index is -0.281. The fourth-order valence-corrected chi connectivity index (χ4v) is 2.90. The third-order valence-electron chi connectivity index (χ3n) is 4.13. The van der Waals surface area contributed by atoms with Gasteiger partial charge in [-0.3, -0.25) is 0 Å². The average molecular weight is 262 g/mol. The van der Waals surface area contributed by atoms with Crippen LogP contribution in [0.4, 0.5) is 0 Å². The summed E-state index contributed by atoms with van der Waals surface area (Å²) >= 11 is 0. The monoisotopic (exact) mass is 262 g/mol. The van der Waals surface area contributed by atoms with Crippen LogP contribution in [0.25, 0.3) is 0 Å². The van der Waals surface area contributed by atoms with Crippen molar-refractivity contribution < 1.29 is 9.84 Å². The molecule has 0 heterocycles. The molecule has 19 heavy (non-hydrogen) atoms. The van der Waals surface area contributed by atoms with E-state index in [4.69, 9.17) is 4.74 Å². The molecule has 1 unspecified atom stereocenters. The molecule has 0 aromatic heterocycles. The van der Waals surface area contributed by atoms with Crippen LogP contribution in [0.3, 0.4) is 0 Å². The normalized spacial score (nSPS) is 25.0. The summed E-state index contributed by atoms with van der Waals surface area (Å²) in [4.78, 5) is 0. The van der Waals surface area contributed by atoms with E-state index in [1.54, 1.807) is 0 Å². The van der Waals surface area contributed by atoms with Gasteiger partial charge < -0.3 is 9.84 Å². The Morgan fingerprint density at radius 2 is 1.79 bits per heavy atom. The maximum atomic E-state index is 9.35. The van der Waals surface area contributed by atoms with Crippen molar-refractivity contribution in [3.05, 3.63) is 29.8 Å². The molecule has 2 heteroatoms. The zero-order valence-corrected chi connectivity index (χ0v) is 12.1. The predicted octanol–water partition coefficient (Wildman–Crippen LogP) is 3.96. The molecule has 1 aromatic carbocycles. The molecule has 1 N–H and O–H groups in total. The van der Waals surface area contributed by atoms with Gasteiger partial charge in [-0.25, -0.2) is 0 Å². The molecule has 2 rings (SSSR count). The number of benzene rings is 1. The minimum absolute atomic E-state index is 0.281. The zero-order valence-electron chi connectivity index (χ0n) is 12.1. The minimum Gasteiger partial charge on any atom is -0.490 e. The first-order valence-electron chi connectivity index (χ1n) is 7.61. The summed E-state index contributed by atoms with van der Waals surface area (Å²) in [5.41, 5.74) is 1.16. The first-order valence-corrected chi connectivity index (χ1v) is 7.61. The smallest absolute Gasteiger partial charge is 0.119 e. The predicted molar refractivity (Wildman–Crippen MR) is 78.5 cm³/mol. The van der Waals surface area contributed by atoms with Crippen LogP contribution in [-0.2, 0) is 6.42 Å². The van der Waals surface area contributed by atoms with E-state index in [9.17, 15) is 5.11 Å². The second-order valence-electron chi connectivity index (χ2n) is 5.87. The van der Waals surface area contributed by atoms with E-state index in [0.29, 0.717) is 12.5 Å². The van der Waals surface area contributed by atoms with Crippen LogP contribution in [0.1, 0.15) is 51.5 Å². The Hall–Kier alpha value is -1.02. The molecular weight excluding hydrogens is 236 g/mol. The highest BCUT2D eigenvalue weighted by atomic mass is 16.5. The third kappa shape index (κ3) is 4.54. The van der Waals surface area contributed by atoms with Crippen LogP contribution in [0.5, 0.6) is 5.75 Å². The molecule has 0 spiro atoms. The average Bonchev–Trinajstić information content (AvgIpc) is 2.41. The van der Waals surface area contributed by atoms with Crippen molar-refractivity contribution in [1.82, 2.24) is 0 Å². The Morgan fingerprint density at radius 3 is 2.32 bits per heavy atom. The zero-order chi connectivity index (χ0) is 13.7. The molecule has 1 aliphatic rings. The van der Waals surface area contributed by atoms with E-state index >= 15 is 0 Å². The van der Waals surface area contributed by atoms with Gasteiger partial charge in [0.2, 0.25) is 0 Å². The maximum absolute atomic E-state index is 9.35. The highest BCUT2D eigenvalue weighted by Gasteiger charge is 2.21. The lowest BCUT2D eigenvalue weighted by molar-refractivity contribution is 0.130. The summed E-state index contributed by atoms with van der Waals surface area (Å²) in [7, 11) is 0. The topological polar surface area (TPSA) is 29.5 Å². The molecule has 1 aliphatic carbocycles. The lowest BCUT2D eigenvalue weighted by Crippen LogP contribution is -2.23. The highest BCUT2D eigenvalue weighted by molar-refractivity contribution is 5.27. The quantitative estimate of drug-likeness (QED) is 0.870. The first-order chi connectivity index (χ1) is 9.17. The SMILES string of the molecule is CCC1CCC(Oc2ccc(CC(C)O)cc2)CC1. The number of hydrogen-bond acceptors (Lipinski definition) is 2. The number of hydrogen-bond donors (Lipinski definition) is 1. The second-order valence-corrected chi connectivity index (χ2v) is 5.87. The van der Waals surface area contributed by atoms with Crippen molar-refractivity contribution in [3.8, 4) is 5.75 Å². The number of rotatable bonds is 5. The van der Waals surface area contributed by atoms with Crippen molar-refractivity contribution in [3.63, 3.8) is 0 Å². The molecule has 1 atom stereocenters. The summed E-state index contributed by atoms with van der Waals surface area (Å²) in [5.74, 6) is 1.88. The lowest BCUT2D eigenvalue weighted by Gasteiger charge is -2.28. The van der Waals surface area contributed by atoms with Gasteiger partial charge in [-0.15, -0.1) is 0 Å². The van der Waals surface area contributed by atoms with Crippen LogP contribution in [0, 0.1) is 5.92 Å². The summed E-state index contributed by atoms with van der Waals surface area (Å²) in [6, 6.07) is 8.17. The van der Waals surface area contributed by atoms with Crippen molar-refractivity contribution in [2.45, 2.75) is 64.6 Å². The van der Waals surface area contributed by atoms with Gasteiger partial charge in [0.1, 0.15) is 5.75 Å². The van der Waals surface area contributed by atoms with Crippen LogP contribution in [0.15, 0.2) is 24.3 Å². The largest absolute Gasteiger partial charge is 0.490 e. The summed E-state index contributed by atoms with van der Waals surface area (Å²) in [6.07, 6.45) is 7.12.